The van der Waals surface area contributed by atoms with E-state index in [2.05, 4.69) is 76.8 Å². The Kier molecular flexibility index (Phi) is 6.58. The van der Waals surface area contributed by atoms with Gasteiger partial charge >= 0.3 is 5.69 Å². The molecule has 0 aliphatic rings. The number of hydrogen-bond donors (Lipinski definition) is 1. The van der Waals surface area contributed by atoms with E-state index >= 15 is 0 Å². The second-order valence-corrected chi connectivity index (χ2v) is 8.30. The van der Waals surface area contributed by atoms with E-state index < -0.39 is 0 Å². The molecule has 0 saturated heterocycles. The Bertz CT molecular complexity index is 1200. The monoisotopic (exact) mass is 431 g/mol. The lowest BCUT2D eigenvalue weighted by Gasteiger charge is -2.10. The number of nitrogens with zero attached hydrogens (tertiary/aromatic N) is 6. The first-order valence-electron chi connectivity index (χ1n) is 11.2. The van der Waals surface area contributed by atoms with Crippen LogP contribution < -0.4 is 5.69 Å². The molecule has 0 bridgehead atoms. The minimum absolute atomic E-state index is 0.0305. The Hall–Kier alpha value is -3.55. The molecule has 2 aromatic carbocycles. The smallest absolute Gasteiger partial charge is 0.274 e. The number of nitrogens with one attached hydrogen (secondary N) is 1. The van der Waals surface area contributed by atoms with E-state index in [0.717, 1.165) is 47.3 Å². The zero-order chi connectivity index (χ0) is 22.5. The van der Waals surface area contributed by atoms with Crippen molar-refractivity contribution < 1.29 is 0 Å². The van der Waals surface area contributed by atoms with Gasteiger partial charge in [0.2, 0.25) is 0 Å². The van der Waals surface area contributed by atoms with Crippen LogP contribution in [0.3, 0.4) is 0 Å². The molecule has 4 aromatic rings. The summed E-state index contributed by atoms with van der Waals surface area (Å²) in [6.07, 6.45) is 3.19. The maximum atomic E-state index is 13.0. The van der Waals surface area contributed by atoms with Crippen molar-refractivity contribution >= 4 is 0 Å². The third kappa shape index (κ3) is 4.54. The van der Waals surface area contributed by atoms with Gasteiger partial charge in [-0.2, -0.15) is 5.10 Å². The van der Waals surface area contributed by atoms with Crippen LogP contribution in [0.1, 0.15) is 57.3 Å². The van der Waals surface area contributed by atoms with Gasteiger partial charge in [-0.3, -0.25) is 4.57 Å². The molecule has 0 atom stereocenters. The summed E-state index contributed by atoms with van der Waals surface area (Å²) < 4.78 is 3.43. The van der Waals surface area contributed by atoms with Crippen LogP contribution in [0.25, 0.3) is 22.5 Å². The summed E-state index contributed by atoms with van der Waals surface area (Å²) in [6, 6.07) is 16.3. The number of tetrazole rings is 1. The van der Waals surface area contributed by atoms with E-state index in [1.54, 1.807) is 9.25 Å². The maximum Gasteiger partial charge on any atom is 0.346 e. The van der Waals surface area contributed by atoms with Crippen LogP contribution in [0.4, 0.5) is 0 Å². The van der Waals surface area contributed by atoms with Gasteiger partial charge in [0.1, 0.15) is 5.82 Å². The van der Waals surface area contributed by atoms with Crippen molar-refractivity contribution in [3.05, 3.63) is 70.4 Å². The summed E-state index contributed by atoms with van der Waals surface area (Å²) in [6.45, 7) is 7.49. The summed E-state index contributed by atoms with van der Waals surface area (Å²) in [7, 11) is 0. The minimum Gasteiger partial charge on any atom is -0.274 e. The van der Waals surface area contributed by atoms with Gasteiger partial charge in [0, 0.05) is 18.0 Å². The Balaban J connectivity index is 1.60. The van der Waals surface area contributed by atoms with Crippen LogP contribution in [-0.4, -0.2) is 35.0 Å². The van der Waals surface area contributed by atoms with Crippen LogP contribution in [0.15, 0.2) is 53.3 Å². The van der Waals surface area contributed by atoms with Gasteiger partial charge in [-0.25, -0.2) is 14.6 Å². The molecule has 32 heavy (non-hydrogen) atoms. The number of rotatable bonds is 9. The summed E-state index contributed by atoms with van der Waals surface area (Å²) in [5.41, 5.74) is 4.08. The second kappa shape index (κ2) is 9.72. The molecule has 0 aliphatic heterocycles. The molecule has 2 heterocycles. The molecule has 8 heteroatoms. The van der Waals surface area contributed by atoms with E-state index in [9.17, 15) is 4.79 Å². The fourth-order valence-electron chi connectivity index (χ4n) is 3.88. The molecule has 2 aromatic heterocycles. The highest BCUT2D eigenvalue weighted by atomic mass is 16.2. The lowest BCUT2D eigenvalue weighted by atomic mass is 9.98. The Morgan fingerprint density at radius 1 is 1.00 bits per heavy atom. The zero-order valence-corrected chi connectivity index (χ0v) is 18.8. The first-order valence-corrected chi connectivity index (χ1v) is 11.2. The van der Waals surface area contributed by atoms with Gasteiger partial charge in [0.05, 0.1) is 6.54 Å². The molecule has 0 amide bonds. The van der Waals surface area contributed by atoms with Crippen molar-refractivity contribution in [2.75, 3.05) is 0 Å². The molecule has 166 valence electrons. The molecule has 4 rings (SSSR count). The van der Waals surface area contributed by atoms with Gasteiger partial charge in [-0.15, -0.1) is 5.10 Å². The highest BCUT2D eigenvalue weighted by Crippen LogP contribution is 2.29. The van der Waals surface area contributed by atoms with Crippen molar-refractivity contribution in [1.29, 1.82) is 0 Å². The predicted octanol–water partition coefficient (Wildman–Crippen LogP) is 4.25. The van der Waals surface area contributed by atoms with Crippen LogP contribution >= 0.6 is 0 Å². The summed E-state index contributed by atoms with van der Waals surface area (Å²) >= 11 is 0. The van der Waals surface area contributed by atoms with E-state index in [1.165, 1.54) is 0 Å². The Morgan fingerprint density at radius 3 is 2.41 bits per heavy atom. The van der Waals surface area contributed by atoms with Gasteiger partial charge in [0.15, 0.2) is 5.82 Å². The summed E-state index contributed by atoms with van der Waals surface area (Å²) in [4.78, 5) is 13.0. The largest absolute Gasteiger partial charge is 0.346 e. The molecule has 0 spiro atoms. The van der Waals surface area contributed by atoms with Crippen molar-refractivity contribution in [2.24, 2.45) is 0 Å². The van der Waals surface area contributed by atoms with Crippen molar-refractivity contribution in [2.45, 2.75) is 59.0 Å². The maximum absolute atomic E-state index is 13.0. The van der Waals surface area contributed by atoms with Crippen molar-refractivity contribution in [1.82, 2.24) is 35.0 Å². The number of hydrogen-bond acceptors (Lipinski definition) is 5. The summed E-state index contributed by atoms with van der Waals surface area (Å²) in [5.74, 6) is 1.64. The molecule has 0 fully saturated rings. The fraction of sp³-hybridized carbons (Fsp3) is 0.375. The van der Waals surface area contributed by atoms with Gasteiger partial charge < -0.3 is 0 Å². The Morgan fingerprint density at radius 2 is 1.75 bits per heavy atom. The average Bonchev–Trinajstić information content (AvgIpc) is 3.44. The molecular weight excluding hydrogens is 402 g/mol. The minimum atomic E-state index is -0.0305. The van der Waals surface area contributed by atoms with Crippen LogP contribution in [0.5, 0.6) is 0 Å². The second-order valence-electron chi connectivity index (χ2n) is 8.30. The van der Waals surface area contributed by atoms with Crippen molar-refractivity contribution in [3.63, 3.8) is 0 Å². The van der Waals surface area contributed by atoms with E-state index in [0.29, 0.717) is 18.9 Å². The average molecular weight is 432 g/mol. The molecule has 0 unspecified atom stereocenters. The van der Waals surface area contributed by atoms with Crippen LogP contribution in [0, 0.1) is 0 Å². The standard InChI is InChI=1S/C24H29N7O/c1-4-5-8-15-31-24(32)30(23(27-31)17(2)3)16-18-11-13-19(14-12-18)20-9-6-7-10-21(20)22-25-28-29-26-22/h6-7,9-14,17H,4-5,8,15-16H2,1-3H3,(H,25,26,28,29). The van der Waals surface area contributed by atoms with Crippen LogP contribution in [0.2, 0.25) is 0 Å². The number of aromatic nitrogens is 7. The number of unbranched alkanes of at least 4 members (excludes halogenated alkanes) is 2. The van der Waals surface area contributed by atoms with Gasteiger partial charge in [-0.05, 0) is 33.5 Å². The van der Waals surface area contributed by atoms with E-state index in [4.69, 9.17) is 0 Å². The lowest BCUT2D eigenvalue weighted by molar-refractivity contribution is 0.529. The normalized spacial score (nSPS) is 11.4. The molecule has 8 nitrogen and oxygen atoms in total. The highest BCUT2D eigenvalue weighted by molar-refractivity contribution is 5.80. The zero-order valence-electron chi connectivity index (χ0n) is 18.8. The number of aryl methyl sites for hydroxylation is 1. The Labute approximate surface area is 187 Å². The third-order valence-electron chi connectivity index (χ3n) is 5.57. The highest BCUT2D eigenvalue weighted by Gasteiger charge is 2.16. The predicted molar refractivity (Wildman–Crippen MR) is 124 cm³/mol. The van der Waals surface area contributed by atoms with Gasteiger partial charge in [0.25, 0.3) is 0 Å². The van der Waals surface area contributed by atoms with Crippen LogP contribution in [-0.2, 0) is 13.1 Å². The molecule has 0 saturated carbocycles. The first-order chi connectivity index (χ1) is 15.6. The number of H-pyrrole nitrogens is 1. The molecule has 1 N–H and O–H groups in total. The quantitative estimate of drug-likeness (QED) is 0.400. The number of aromatic amines is 1. The van der Waals surface area contributed by atoms with E-state index in [1.807, 2.05) is 18.2 Å². The van der Waals surface area contributed by atoms with Crippen molar-refractivity contribution in [3.8, 4) is 22.5 Å². The van der Waals surface area contributed by atoms with Gasteiger partial charge in [-0.1, -0.05) is 82.1 Å². The lowest BCUT2D eigenvalue weighted by Crippen LogP contribution is -2.26. The summed E-state index contributed by atoms with van der Waals surface area (Å²) in [5, 5.41) is 18.9. The number of benzene rings is 2. The molecule has 0 aliphatic carbocycles. The SMILES string of the molecule is CCCCCn1nc(C(C)C)n(Cc2ccc(-c3ccccc3-c3nnn[nH]3)cc2)c1=O. The molecule has 0 radical (unpaired) electrons. The van der Waals surface area contributed by atoms with E-state index in [-0.39, 0.29) is 11.6 Å². The third-order valence-corrected chi connectivity index (χ3v) is 5.57. The first kappa shape index (κ1) is 21.7. The molecular formula is C24H29N7O. The topological polar surface area (TPSA) is 94.3 Å². The fourth-order valence-corrected chi connectivity index (χ4v) is 3.88.